The highest BCUT2D eigenvalue weighted by Crippen LogP contribution is 2.26. The zero-order valence-corrected chi connectivity index (χ0v) is 25.8. The fourth-order valence-corrected chi connectivity index (χ4v) is 5.90. The van der Waals surface area contributed by atoms with Crippen molar-refractivity contribution in [3.63, 3.8) is 0 Å². The van der Waals surface area contributed by atoms with Crippen molar-refractivity contribution in [3.8, 4) is 5.75 Å². The van der Waals surface area contributed by atoms with E-state index in [-0.39, 0.29) is 21.7 Å². The first-order chi connectivity index (χ1) is 19.3. The van der Waals surface area contributed by atoms with Crippen LogP contribution in [-0.2, 0) is 25.9 Å². The number of hydrogen-bond acceptors (Lipinski definition) is 8. The maximum absolute atomic E-state index is 12.6. The summed E-state index contributed by atoms with van der Waals surface area (Å²) < 4.78 is 35.7. The number of unbranched alkanes of at least 4 members (excludes halogenated alkanes) is 1. The number of hydrogen-bond donors (Lipinski definition) is 1. The lowest BCUT2D eigenvalue weighted by molar-refractivity contribution is -0.130. The number of carbonyl (C=O) groups is 2. The zero-order chi connectivity index (χ0) is 30.2. The van der Waals surface area contributed by atoms with Gasteiger partial charge in [-0.05, 0) is 57.9 Å². The van der Waals surface area contributed by atoms with Gasteiger partial charge in [0.1, 0.15) is 23.1 Å². The number of benzene rings is 2. The number of rotatable bonds is 12. The van der Waals surface area contributed by atoms with E-state index < -0.39 is 21.5 Å². The van der Waals surface area contributed by atoms with Gasteiger partial charge in [-0.1, -0.05) is 35.9 Å². The van der Waals surface area contributed by atoms with E-state index >= 15 is 0 Å². The molecule has 0 fully saturated rings. The Balaban J connectivity index is 1.40. The van der Waals surface area contributed by atoms with Gasteiger partial charge in [0.2, 0.25) is 5.91 Å². The van der Waals surface area contributed by atoms with E-state index in [1.807, 2.05) is 45.0 Å². The highest BCUT2D eigenvalue weighted by atomic mass is 35.5. The summed E-state index contributed by atoms with van der Waals surface area (Å²) in [6.45, 7) is 7.39. The van der Waals surface area contributed by atoms with Gasteiger partial charge in [-0.25, -0.2) is 13.2 Å². The Morgan fingerprint density at radius 2 is 1.83 bits per heavy atom. The van der Waals surface area contributed by atoms with E-state index in [0.717, 1.165) is 11.1 Å². The Morgan fingerprint density at radius 3 is 2.46 bits per heavy atom. The van der Waals surface area contributed by atoms with Crippen LogP contribution in [0.1, 0.15) is 51.2 Å². The summed E-state index contributed by atoms with van der Waals surface area (Å²) in [4.78, 5) is 32.9. The minimum Gasteiger partial charge on any atom is -0.497 e. The molecule has 2 amide bonds. The first kappa shape index (κ1) is 32.4. The largest absolute Gasteiger partial charge is 0.497 e. The topological polar surface area (TPSA) is 118 Å². The lowest BCUT2D eigenvalue weighted by Gasteiger charge is -2.25. The second-order valence-electron chi connectivity index (χ2n) is 10.8. The third-order valence-corrected chi connectivity index (χ3v) is 8.31. The van der Waals surface area contributed by atoms with Crippen LogP contribution in [0, 0.1) is 0 Å². The molecular weight excluding hydrogens is 568 g/mol. The van der Waals surface area contributed by atoms with E-state index in [4.69, 9.17) is 21.1 Å². The Hall–Kier alpha value is -3.15. The third-order valence-electron chi connectivity index (χ3n) is 6.27. The van der Waals surface area contributed by atoms with E-state index in [2.05, 4.69) is 10.3 Å². The number of nitrogens with one attached hydrogen (secondary N) is 1. The molecule has 0 bridgehead atoms. The molecule has 0 saturated carbocycles. The second kappa shape index (κ2) is 14.2. The van der Waals surface area contributed by atoms with Crippen molar-refractivity contribution in [2.24, 2.45) is 4.99 Å². The molecule has 2 aromatic carbocycles. The molecule has 0 atom stereocenters. The molecule has 2 aromatic rings. The number of amides is 2. The molecule has 224 valence electrons. The van der Waals surface area contributed by atoms with Crippen LogP contribution in [0.4, 0.5) is 4.79 Å². The van der Waals surface area contributed by atoms with Crippen molar-refractivity contribution in [1.82, 2.24) is 15.1 Å². The monoisotopic (exact) mass is 606 g/mol. The molecule has 0 aliphatic carbocycles. The Bertz CT molecular complexity index is 1360. The van der Waals surface area contributed by atoms with E-state index in [1.54, 1.807) is 22.9 Å². The van der Waals surface area contributed by atoms with Crippen LogP contribution >= 0.6 is 11.6 Å². The minimum atomic E-state index is -3.60. The van der Waals surface area contributed by atoms with Crippen molar-refractivity contribution < 1.29 is 27.5 Å². The number of halogens is 1. The van der Waals surface area contributed by atoms with Crippen LogP contribution in [0.15, 0.2) is 52.4 Å². The molecule has 3 rings (SSSR count). The highest BCUT2D eigenvalue weighted by molar-refractivity contribution is 7.91. The minimum absolute atomic E-state index is 0.00276. The second-order valence-corrected chi connectivity index (χ2v) is 13.2. The van der Waals surface area contributed by atoms with Crippen LogP contribution < -0.4 is 10.1 Å². The van der Waals surface area contributed by atoms with Crippen molar-refractivity contribution in [3.05, 3.63) is 58.6 Å². The molecular formula is C29H39ClN4O6S. The Kier molecular flexibility index (Phi) is 11.2. The van der Waals surface area contributed by atoms with Gasteiger partial charge in [-0.2, -0.15) is 0 Å². The van der Waals surface area contributed by atoms with Crippen LogP contribution in [0.25, 0.3) is 0 Å². The molecule has 1 aliphatic heterocycles. The summed E-state index contributed by atoms with van der Waals surface area (Å²) in [6.07, 6.45) is 1.21. The van der Waals surface area contributed by atoms with Crippen LogP contribution in [0.2, 0.25) is 5.02 Å². The molecule has 1 aliphatic rings. The Morgan fingerprint density at radius 1 is 1.12 bits per heavy atom. The van der Waals surface area contributed by atoms with E-state index in [1.165, 1.54) is 19.2 Å². The molecule has 0 saturated heterocycles. The Labute approximate surface area is 247 Å². The number of carbonyl (C=O) groups excluding carboxylic acids is 2. The molecule has 10 nitrogen and oxygen atoms in total. The molecule has 1 N–H and O–H groups in total. The SMILES string of the molecule is COc1ccc(S(=O)(=O)CNCCCCC(=O)N(C)Cc2ccc(C3=NCCN3C(=O)OC(C)(C)C)cc2)c(Cl)c1. The summed E-state index contributed by atoms with van der Waals surface area (Å²) in [5.41, 5.74) is 1.18. The molecule has 0 radical (unpaired) electrons. The zero-order valence-electron chi connectivity index (χ0n) is 24.3. The van der Waals surface area contributed by atoms with Crippen LogP contribution in [0.5, 0.6) is 5.75 Å². The molecule has 12 heteroatoms. The number of aliphatic imine (C=N–C) groups is 1. The van der Waals surface area contributed by atoms with Crippen LogP contribution in [0.3, 0.4) is 0 Å². The lowest BCUT2D eigenvalue weighted by Crippen LogP contribution is -2.39. The standard InChI is InChI=1S/C29H39ClN4O6S/c1-29(2,3)40-28(36)34-17-16-32-27(34)22-11-9-21(10-12-22)19-33(4)26(35)8-6-7-15-31-20-41(37,38)25-14-13-23(39-5)18-24(25)30/h9-14,18,31H,6-8,15-17,19-20H2,1-5H3. The van der Waals surface area contributed by atoms with E-state index in [9.17, 15) is 18.0 Å². The summed E-state index contributed by atoms with van der Waals surface area (Å²) in [5, 5.41) is 3.04. The quantitative estimate of drug-likeness (QED) is 0.354. The van der Waals surface area contributed by atoms with Crippen molar-refractivity contribution in [2.75, 3.05) is 39.7 Å². The summed E-state index contributed by atoms with van der Waals surface area (Å²) >= 11 is 6.10. The first-order valence-electron chi connectivity index (χ1n) is 13.5. The average molecular weight is 607 g/mol. The number of nitrogens with zero attached hydrogens (tertiary/aromatic N) is 3. The fourth-order valence-electron chi connectivity index (χ4n) is 4.17. The van der Waals surface area contributed by atoms with Gasteiger partial charge < -0.3 is 19.7 Å². The van der Waals surface area contributed by atoms with Crippen molar-refractivity contribution >= 4 is 39.3 Å². The van der Waals surface area contributed by atoms with Gasteiger partial charge in [-0.15, -0.1) is 0 Å². The van der Waals surface area contributed by atoms with Gasteiger partial charge in [0, 0.05) is 31.6 Å². The number of sulfone groups is 1. The van der Waals surface area contributed by atoms with Gasteiger partial charge in [0.25, 0.3) is 0 Å². The first-order valence-corrected chi connectivity index (χ1v) is 15.5. The predicted octanol–water partition coefficient (Wildman–Crippen LogP) is 4.50. The molecule has 1 heterocycles. The summed E-state index contributed by atoms with van der Waals surface area (Å²) in [6, 6.07) is 12.1. The normalized spacial score (nSPS) is 13.6. The highest BCUT2D eigenvalue weighted by Gasteiger charge is 2.29. The summed E-state index contributed by atoms with van der Waals surface area (Å²) in [5.74, 6) is 0.830. The fraction of sp³-hybridized carbons (Fsp3) is 0.483. The predicted molar refractivity (Wildman–Crippen MR) is 159 cm³/mol. The van der Waals surface area contributed by atoms with Gasteiger partial charge in [0.05, 0.1) is 30.1 Å². The van der Waals surface area contributed by atoms with E-state index in [0.29, 0.717) is 57.0 Å². The summed E-state index contributed by atoms with van der Waals surface area (Å²) in [7, 11) is -0.359. The molecule has 0 spiro atoms. The number of methoxy groups -OCH3 is 1. The van der Waals surface area contributed by atoms with Crippen molar-refractivity contribution in [2.45, 2.75) is 57.1 Å². The van der Waals surface area contributed by atoms with Gasteiger partial charge in [-0.3, -0.25) is 14.7 Å². The third kappa shape index (κ3) is 9.44. The maximum atomic E-state index is 12.6. The van der Waals surface area contributed by atoms with Gasteiger partial charge in [0.15, 0.2) is 9.84 Å². The molecule has 41 heavy (non-hydrogen) atoms. The van der Waals surface area contributed by atoms with Crippen LogP contribution in [-0.4, -0.2) is 81.3 Å². The molecule has 0 unspecified atom stereocenters. The number of ether oxygens (including phenoxy) is 2. The van der Waals surface area contributed by atoms with Gasteiger partial charge >= 0.3 is 6.09 Å². The smallest absolute Gasteiger partial charge is 0.416 e. The maximum Gasteiger partial charge on any atom is 0.416 e. The lowest BCUT2D eigenvalue weighted by atomic mass is 10.1. The molecule has 0 aromatic heterocycles. The van der Waals surface area contributed by atoms with Crippen molar-refractivity contribution in [1.29, 1.82) is 0 Å². The number of amidine groups is 1. The average Bonchev–Trinajstić information content (AvgIpc) is 3.40.